The van der Waals surface area contributed by atoms with E-state index in [4.69, 9.17) is 4.55 Å². The molecule has 190 valence electrons. The Hall–Kier alpha value is -0.660. The first-order valence-electron chi connectivity index (χ1n) is 13.4. The van der Waals surface area contributed by atoms with Gasteiger partial charge in [-0.1, -0.05) is 33.6 Å². The fourth-order valence-electron chi connectivity index (χ4n) is 9.62. The van der Waals surface area contributed by atoms with E-state index < -0.39 is 16.0 Å². The summed E-state index contributed by atoms with van der Waals surface area (Å²) in [5, 5.41) is 6.17. The van der Waals surface area contributed by atoms with E-state index in [2.05, 4.69) is 38.5 Å². The molecular formula is C26H46N2O4S. The Morgan fingerprint density at radius 2 is 1.76 bits per heavy atom. The highest BCUT2D eigenvalue weighted by molar-refractivity contribution is 7.85. The van der Waals surface area contributed by atoms with Crippen LogP contribution in [0.3, 0.4) is 0 Å². The number of nitrogens with one attached hydrogen (secondary N) is 2. The molecule has 6 nitrogen and oxygen atoms in total. The summed E-state index contributed by atoms with van der Waals surface area (Å²) in [5.41, 5.74) is 1.11. The van der Waals surface area contributed by atoms with Crippen LogP contribution in [0.1, 0.15) is 97.8 Å². The Labute approximate surface area is 201 Å². The minimum Gasteiger partial charge on any atom is -0.340 e. The molecule has 0 spiro atoms. The molecule has 1 amide bonds. The third-order valence-corrected chi connectivity index (χ3v) is 11.8. The molecule has 4 fully saturated rings. The molecule has 0 aromatic carbocycles. The Bertz CT molecular complexity index is 847. The molecule has 4 rings (SSSR count). The second kappa shape index (κ2) is 9.09. The third-order valence-electron chi connectivity index (χ3n) is 11.3. The first-order chi connectivity index (χ1) is 15.5. The van der Waals surface area contributed by atoms with E-state index in [1.54, 1.807) is 0 Å². The van der Waals surface area contributed by atoms with Gasteiger partial charge in [-0.3, -0.25) is 9.35 Å². The fourth-order valence-corrected chi connectivity index (χ4v) is 9.96. The molecule has 0 bridgehead atoms. The molecule has 0 radical (unpaired) electrons. The van der Waals surface area contributed by atoms with Gasteiger partial charge in [0.05, 0.1) is 0 Å². The zero-order valence-corrected chi connectivity index (χ0v) is 22.0. The van der Waals surface area contributed by atoms with Crippen molar-refractivity contribution in [3.63, 3.8) is 0 Å². The highest BCUT2D eigenvalue weighted by atomic mass is 32.2. The molecule has 4 unspecified atom stereocenters. The van der Waals surface area contributed by atoms with E-state index in [0.717, 1.165) is 24.2 Å². The smallest absolute Gasteiger partial charge is 0.283 e. The Kier molecular flexibility index (Phi) is 7.00. The minimum atomic E-state index is -4.17. The first kappa shape index (κ1) is 25.4. The van der Waals surface area contributed by atoms with Crippen LogP contribution in [0.25, 0.3) is 0 Å². The highest BCUT2D eigenvalue weighted by Gasteiger charge is 2.63. The van der Waals surface area contributed by atoms with Gasteiger partial charge in [0.15, 0.2) is 0 Å². The summed E-state index contributed by atoms with van der Waals surface area (Å²) in [5.74, 6) is 2.56. The maximum atomic E-state index is 12.1. The van der Waals surface area contributed by atoms with Gasteiger partial charge in [0.1, 0.15) is 5.88 Å². The first-order valence-corrected chi connectivity index (χ1v) is 15.0. The molecular weight excluding hydrogens is 436 g/mol. The lowest BCUT2D eigenvalue weighted by atomic mass is 9.42. The lowest BCUT2D eigenvalue weighted by Crippen LogP contribution is -2.66. The molecule has 0 aliphatic heterocycles. The molecule has 4 aliphatic carbocycles. The topological polar surface area (TPSA) is 95.5 Å². The summed E-state index contributed by atoms with van der Waals surface area (Å²) in [6, 6.07) is 0. The quantitative estimate of drug-likeness (QED) is 0.455. The number of rotatable bonds is 7. The van der Waals surface area contributed by atoms with Crippen LogP contribution in [-0.2, 0) is 14.9 Å². The molecule has 4 saturated carbocycles. The summed E-state index contributed by atoms with van der Waals surface area (Å²) in [6.07, 6.45) is 14.5. The predicted octanol–water partition coefficient (Wildman–Crippen LogP) is 4.76. The Balaban J connectivity index is 1.42. The molecule has 0 heterocycles. The van der Waals surface area contributed by atoms with E-state index in [1.807, 2.05) is 0 Å². The molecule has 8 atom stereocenters. The van der Waals surface area contributed by atoms with Crippen molar-refractivity contribution >= 4 is 16.0 Å². The summed E-state index contributed by atoms with van der Waals surface area (Å²) >= 11 is 0. The molecule has 0 saturated heterocycles. The summed E-state index contributed by atoms with van der Waals surface area (Å²) in [6.45, 7) is 7.45. The van der Waals surface area contributed by atoms with Crippen molar-refractivity contribution in [1.82, 2.24) is 10.6 Å². The van der Waals surface area contributed by atoms with Crippen LogP contribution in [0.2, 0.25) is 0 Å². The summed E-state index contributed by atoms with van der Waals surface area (Å²) < 4.78 is 30.6. The number of amides is 1. The second-order valence-corrected chi connectivity index (χ2v) is 13.9. The Morgan fingerprint density at radius 3 is 2.45 bits per heavy atom. The van der Waals surface area contributed by atoms with Crippen LogP contribution in [0.15, 0.2) is 0 Å². The van der Waals surface area contributed by atoms with E-state index in [0.29, 0.717) is 34.6 Å². The number of hydrogen-bond donors (Lipinski definition) is 3. The molecule has 0 aromatic heterocycles. The fraction of sp³-hybridized carbons (Fsp3) is 0.962. The van der Waals surface area contributed by atoms with Crippen molar-refractivity contribution in [3.05, 3.63) is 0 Å². The normalized spacial score (nSPS) is 43.8. The number of hydrogen-bond acceptors (Lipinski definition) is 4. The molecule has 0 aromatic rings. The molecule has 4 aliphatic rings. The van der Waals surface area contributed by atoms with Crippen molar-refractivity contribution in [2.24, 2.45) is 40.4 Å². The molecule has 33 heavy (non-hydrogen) atoms. The summed E-state index contributed by atoms with van der Waals surface area (Å²) in [4.78, 5) is 12.1. The van der Waals surface area contributed by atoms with Gasteiger partial charge in [-0.25, -0.2) is 0 Å². The maximum Gasteiger partial charge on any atom is 0.283 e. The second-order valence-electron chi connectivity index (χ2n) is 12.4. The van der Waals surface area contributed by atoms with Crippen molar-refractivity contribution in [2.75, 3.05) is 12.9 Å². The maximum absolute atomic E-state index is 12.1. The van der Waals surface area contributed by atoms with Gasteiger partial charge in [0, 0.05) is 12.0 Å². The molecule has 3 N–H and O–H groups in total. The largest absolute Gasteiger partial charge is 0.340 e. The van der Waals surface area contributed by atoms with Crippen LogP contribution >= 0.6 is 0 Å². The third kappa shape index (κ3) is 4.40. The van der Waals surface area contributed by atoms with Crippen molar-refractivity contribution < 1.29 is 17.8 Å². The van der Waals surface area contributed by atoms with Crippen molar-refractivity contribution in [3.8, 4) is 0 Å². The van der Waals surface area contributed by atoms with Crippen LogP contribution < -0.4 is 10.6 Å². The van der Waals surface area contributed by atoms with Crippen molar-refractivity contribution in [1.29, 1.82) is 0 Å². The lowest BCUT2D eigenvalue weighted by Gasteiger charge is -2.65. The van der Waals surface area contributed by atoms with Crippen LogP contribution in [0.4, 0.5) is 0 Å². The van der Waals surface area contributed by atoms with Gasteiger partial charge in [-0.15, -0.1) is 0 Å². The number of fused-ring (bicyclic) bond motifs is 5. The van der Waals surface area contributed by atoms with Gasteiger partial charge in [-0.05, 0) is 105 Å². The number of carbonyl (C=O) groups is 1. The Morgan fingerprint density at radius 1 is 1.03 bits per heavy atom. The zero-order valence-electron chi connectivity index (χ0n) is 21.2. The standard InChI is InChI=1S/C26H46N2O4S/c1-18(7-10-23(29)28-17-33(30,31)32)20-8-9-21-19-11-16-26(27-4)14-6-5-13-25(26,3)22(19)12-15-24(20,21)2/h18-22,27H,5-17H2,1-4H3,(H,28,29)(H,30,31,32)/t18-,19?,20?,21?,22?,24-,25-,26-/m1/s1. The SMILES string of the molecule is CN[C@@]12CCCC[C@]1(C)C1CC[C@@]3(C)C(CCC3[C@H](C)CCC(=O)NCS(=O)(=O)O)C1CC2. The van der Waals surface area contributed by atoms with Gasteiger partial charge in [-0.2, -0.15) is 8.42 Å². The van der Waals surface area contributed by atoms with E-state index in [9.17, 15) is 13.2 Å². The highest BCUT2D eigenvalue weighted by Crippen LogP contribution is 2.69. The summed E-state index contributed by atoms with van der Waals surface area (Å²) in [7, 11) is -1.96. The van der Waals surface area contributed by atoms with E-state index in [1.165, 1.54) is 64.2 Å². The molecule has 7 heteroatoms. The zero-order chi connectivity index (χ0) is 24.1. The van der Waals surface area contributed by atoms with Gasteiger partial charge >= 0.3 is 0 Å². The van der Waals surface area contributed by atoms with Gasteiger partial charge in [0.25, 0.3) is 10.1 Å². The lowest BCUT2D eigenvalue weighted by molar-refractivity contribution is -0.134. The average molecular weight is 483 g/mol. The van der Waals surface area contributed by atoms with Crippen LogP contribution in [-0.4, -0.2) is 37.3 Å². The van der Waals surface area contributed by atoms with E-state index in [-0.39, 0.29) is 5.91 Å². The van der Waals surface area contributed by atoms with Crippen LogP contribution in [0, 0.1) is 40.4 Å². The predicted molar refractivity (Wildman–Crippen MR) is 131 cm³/mol. The number of carbonyl (C=O) groups excluding carboxylic acids is 1. The minimum absolute atomic E-state index is 0.288. The van der Waals surface area contributed by atoms with Crippen LogP contribution in [0.5, 0.6) is 0 Å². The monoisotopic (exact) mass is 482 g/mol. The average Bonchev–Trinajstić information content (AvgIpc) is 3.12. The van der Waals surface area contributed by atoms with E-state index >= 15 is 0 Å². The van der Waals surface area contributed by atoms with Gasteiger partial charge < -0.3 is 10.6 Å². The van der Waals surface area contributed by atoms with Gasteiger partial charge in [0.2, 0.25) is 5.91 Å². The van der Waals surface area contributed by atoms with Crippen molar-refractivity contribution in [2.45, 2.75) is 103 Å².